The third kappa shape index (κ3) is 3.36. The van der Waals surface area contributed by atoms with E-state index in [-0.39, 0.29) is 6.04 Å². The molecule has 0 saturated heterocycles. The van der Waals surface area contributed by atoms with E-state index in [9.17, 15) is 0 Å². The minimum absolute atomic E-state index is 0.262. The minimum Gasteiger partial charge on any atom is -0.496 e. The lowest BCUT2D eigenvalue weighted by molar-refractivity contribution is 0.401. The Hall–Kier alpha value is -1.80. The van der Waals surface area contributed by atoms with Crippen molar-refractivity contribution in [3.63, 3.8) is 0 Å². The molecule has 2 aromatic carbocycles. The quantitative estimate of drug-likeness (QED) is 0.883. The van der Waals surface area contributed by atoms with Gasteiger partial charge >= 0.3 is 0 Å². The molecule has 19 heavy (non-hydrogen) atoms. The predicted octanol–water partition coefficient (Wildman–Crippen LogP) is 3.51. The average molecular weight is 255 g/mol. The van der Waals surface area contributed by atoms with Gasteiger partial charge in [-0.2, -0.15) is 0 Å². The van der Waals surface area contributed by atoms with Crippen LogP contribution in [0.1, 0.15) is 22.7 Å². The van der Waals surface area contributed by atoms with E-state index in [1.54, 1.807) is 7.11 Å². The number of aryl methyl sites for hydroxylation is 1. The van der Waals surface area contributed by atoms with Crippen LogP contribution in [0, 0.1) is 6.92 Å². The Morgan fingerprint density at radius 3 is 2.47 bits per heavy atom. The highest BCUT2D eigenvalue weighted by molar-refractivity contribution is 5.40. The first-order chi connectivity index (χ1) is 9.24. The lowest BCUT2D eigenvalue weighted by Crippen LogP contribution is -2.19. The van der Waals surface area contributed by atoms with E-state index < -0.39 is 0 Å². The van der Waals surface area contributed by atoms with Gasteiger partial charge in [0, 0.05) is 11.6 Å². The van der Waals surface area contributed by atoms with Gasteiger partial charge in [-0.1, -0.05) is 42.5 Å². The maximum Gasteiger partial charge on any atom is 0.123 e. The summed E-state index contributed by atoms with van der Waals surface area (Å²) in [5.74, 6) is 0.954. The Morgan fingerprint density at radius 1 is 1.11 bits per heavy atom. The number of hydrogen-bond donors (Lipinski definition) is 1. The summed E-state index contributed by atoms with van der Waals surface area (Å²) in [6.07, 6.45) is 0.955. The van der Waals surface area contributed by atoms with Gasteiger partial charge in [0.15, 0.2) is 0 Å². The van der Waals surface area contributed by atoms with Crippen LogP contribution in [0.5, 0.6) is 5.75 Å². The van der Waals surface area contributed by atoms with E-state index in [1.807, 2.05) is 13.1 Å². The van der Waals surface area contributed by atoms with Crippen molar-refractivity contribution in [1.82, 2.24) is 5.32 Å². The molecule has 1 N–H and O–H groups in total. The number of benzene rings is 2. The number of methoxy groups -OCH3 is 1. The maximum atomic E-state index is 5.51. The Labute approximate surface area is 115 Å². The highest BCUT2D eigenvalue weighted by Gasteiger charge is 2.14. The fourth-order valence-electron chi connectivity index (χ4n) is 2.32. The first-order valence-electron chi connectivity index (χ1n) is 6.60. The summed E-state index contributed by atoms with van der Waals surface area (Å²) in [6.45, 7) is 2.08. The molecule has 0 amide bonds. The Bertz CT molecular complexity index is 522. The van der Waals surface area contributed by atoms with Gasteiger partial charge in [-0.15, -0.1) is 0 Å². The second kappa shape index (κ2) is 6.39. The largest absolute Gasteiger partial charge is 0.496 e. The molecular formula is C17H21NO. The Morgan fingerprint density at radius 2 is 1.84 bits per heavy atom. The molecule has 2 heteroatoms. The van der Waals surface area contributed by atoms with E-state index >= 15 is 0 Å². The summed E-state index contributed by atoms with van der Waals surface area (Å²) in [5.41, 5.74) is 3.75. The van der Waals surface area contributed by atoms with Crippen LogP contribution in [0.25, 0.3) is 0 Å². The van der Waals surface area contributed by atoms with Crippen molar-refractivity contribution >= 4 is 0 Å². The number of hydrogen-bond acceptors (Lipinski definition) is 2. The third-order valence-corrected chi connectivity index (χ3v) is 3.40. The first-order valence-corrected chi connectivity index (χ1v) is 6.60. The van der Waals surface area contributed by atoms with Gasteiger partial charge in [0.1, 0.15) is 5.75 Å². The second-order valence-electron chi connectivity index (χ2n) is 4.78. The molecule has 0 aromatic heterocycles. The highest BCUT2D eigenvalue weighted by atomic mass is 16.5. The zero-order valence-corrected chi connectivity index (χ0v) is 11.8. The maximum absolute atomic E-state index is 5.51. The van der Waals surface area contributed by atoms with Gasteiger partial charge < -0.3 is 10.1 Å². The van der Waals surface area contributed by atoms with Crippen LogP contribution in [0.4, 0.5) is 0 Å². The number of nitrogens with one attached hydrogen (secondary N) is 1. The standard InChI is InChI=1S/C17H21NO/c1-13-9-10-15(17(11-13)19-3)16(18-2)12-14-7-5-4-6-8-14/h4-11,16,18H,12H2,1-3H3. The predicted molar refractivity (Wildman–Crippen MR) is 79.7 cm³/mol. The molecule has 100 valence electrons. The first kappa shape index (κ1) is 13.6. The van der Waals surface area contributed by atoms with Gasteiger partial charge in [-0.3, -0.25) is 0 Å². The fourth-order valence-corrected chi connectivity index (χ4v) is 2.32. The van der Waals surface area contributed by atoms with Crippen LogP contribution in [-0.2, 0) is 6.42 Å². The molecule has 0 aliphatic carbocycles. The molecule has 1 unspecified atom stereocenters. The smallest absolute Gasteiger partial charge is 0.123 e. The van der Waals surface area contributed by atoms with Crippen molar-refractivity contribution in [3.05, 3.63) is 65.2 Å². The van der Waals surface area contributed by atoms with Crippen LogP contribution >= 0.6 is 0 Å². The van der Waals surface area contributed by atoms with Crippen molar-refractivity contribution < 1.29 is 4.74 Å². The Kier molecular flexibility index (Phi) is 4.58. The zero-order valence-electron chi connectivity index (χ0n) is 11.8. The molecule has 0 radical (unpaired) electrons. The van der Waals surface area contributed by atoms with Crippen LogP contribution in [0.2, 0.25) is 0 Å². The van der Waals surface area contributed by atoms with E-state index in [0.717, 1.165) is 12.2 Å². The molecule has 0 spiro atoms. The lowest BCUT2D eigenvalue weighted by Gasteiger charge is -2.20. The van der Waals surface area contributed by atoms with Crippen molar-refractivity contribution in [2.24, 2.45) is 0 Å². The van der Waals surface area contributed by atoms with Crippen molar-refractivity contribution in [1.29, 1.82) is 0 Å². The summed E-state index contributed by atoms with van der Waals surface area (Å²) in [7, 11) is 3.72. The monoisotopic (exact) mass is 255 g/mol. The van der Waals surface area contributed by atoms with E-state index in [1.165, 1.54) is 16.7 Å². The number of likely N-dealkylation sites (N-methyl/N-ethyl adjacent to an activating group) is 1. The van der Waals surface area contributed by atoms with Gasteiger partial charge in [0.05, 0.1) is 7.11 Å². The van der Waals surface area contributed by atoms with Crippen molar-refractivity contribution in [2.45, 2.75) is 19.4 Å². The Balaban J connectivity index is 2.27. The summed E-state index contributed by atoms with van der Waals surface area (Å²) in [4.78, 5) is 0. The molecule has 0 aliphatic rings. The molecule has 0 aliphatic heterocycles. The number of rotatable bonds is 5. The summed E-state index contributed by atoms with van der Waals surface area (Å²) in [5, 5.41) is 3.38. The topological polar surface area (TPSA) is 21.3 Å². The van der Waals surface area contributed by atoms with Gasteiger partial charge in [0.25, 0.3) is 0 Å². The summed E-state index contributed by atoms with van der Waals surface area (Å²) in [6, 6.07) is 17.2. The normalized spacial score (nSPS) is 12.2. The molecule has 2 nitrogen and oxygen atoms in total. The van der Waals surface area contributed by atoms with E-state index in [4.69, 9.17) is 4.74 Å². The van der Waals surface area contributed by atoms with Crippen LogP contribution in [-0.4, -0.2) is 14.2 Å². The van der Waals surface area contributed by atoms with Gasteiger partial charge in [-0.25, -0.2) is 0 Å². The minimum atomic E-state index is 0.262. The molecule has 0 heterocycles. The highest BCUT2D eigenvalue weighted by Crippen LogP contribution is 2.28. The molecule has 0 fully saturated rings. The van der Waals surface area contributed by atoms with Crippen molar-refractivity contribution in [2.75, 3.05) is 14.2 Å². The third-order valence-electron chi connectivity index (χ3n) is 3.40. The zero-order chi connectivity index (χ0) is 13.7. The molecule has 2 rings (SSSR count). The average Bonchev–Trinajstić information content (AvgIpc) is 2.46. The van der Waals surface area contributed by atoms with Crippen LogP contribution in [0.3, 0.4) is 0 Å². The van der Waals surface area contributed by atoms with Crippen LogP contribution in [0.15, 0.2) is 48.5 Å². The molecule has 2 aromatic rings. The van der Waals surface area contributed by atoms with E-state index in [2.05, 4.69) is 54.7 Å². The SMILES string of the molecule is CNC(Cc1ccccc1)c1ccc(C)cc1OC. The van der Waals surface area contributed by atoms with Crippen molar-refractivity contribution in [3.8, 4) is 5.75 Å². The summed E-state index contributed by atoms with van der Waals surface area (Å²) < 4.78 is 5.51. The number of ether oxygens (including phenoxy) is 1. The van der Waals surface area contributed by atoms with Gasteiger partial charge in [-0.05, 0) is 37.6 Å². The summed E-state index contributed by atoms with van der Waals surface area (Å²) >= 11 is 0. The van der Waals surface area contributed by atoms with Crippen LogP contribution < -0.4 is 10.1 Å². The van der Waals surface area contributed by atoms with E-state index in [0.29, 0.717) is 0 Å². The molecule has 0 saturated carbocycles. The molecular weight excluding hydrogens is 234 g/mol. The molecule has 0 bridgehead atoms. The molecule has 1 atom stereocenters. The second-order valence-corrected chi connectivity index (χ2v) is 4.78. The van der Waals surface area contributed by atoms with Gasteiger partial charge in [0.2, 0.25) is 0 Å². The lowest BCUT2D eigenvalue weighted by atomic mass is 9.97. The fraction of sp³-hybridized carbons (Fsp3) is 0.294.